The van der Waals surface area contributed by atoms with Crippen LogP contribution in [0.15, 0.2) is 0 Å². The Hall–Kier alpha value is -0.510. The SMILES string of the molecule is CNC(=O)C(CC=O)SC. The molecule has 1 amide bonds. The van der Waals surface area contributed by atoms with Gasteiger partial charge in [-0.05, 0) is 6.26 Å². The number of carbonyl (C=O) groups is 2. The van der Waals surface area contributed by atoms with Gasteiger partial charge in [0.2, 0.25) is 5.91 Å². The lowest BCUT2D eigenvalue weighted by Crippen LogP contribution is -2.29. The van der Waals surface area contributed by atoms with Crippen molar-refractivity contribution in [3.63, 3.8) is 0 Å². The maximum atomic E-state index is 10.8. The summed E-state index contributed by atoms with van der Waals surface area (Å²) >= 11 is 1.38. The second-order valence-electron chi connectivity index (χ2n) is 1.74. The number of thioether (sulfide) groups is 1. The minimum Gasteiger partial charge on any atom is -0.358 e. The van der Waals surface area contributed by atoms with Gasteiger partial charge in [0.15, 0.2) is 0 Å². The van der Waals surface area contributed by atoms with E-state index >= 15 is 0 Å². The van der Waals surface area contributed by atoms with Crippen molar-refractivity contribution in [3.05, 3.63) is 0 Å². The summed E-state index contributed by atoms with van der Waals surface area (Å²) in [5, 5.41) is 2.26. The molecule has 10 heavy (non-hydrogen) atoms. The Morgan fingerprint density at radius 3 is 2.70 bits per heavy atom. The van der Waals surface area contributed by atoms with Crippen molar-refractivity contribution in [3.8, 4) is 0 Å². The summed E-state index contributed by atoms with van der Waals surface area (Å²) in [5.74, 6) is -0.0837. The van der Waals surface area contributed by atoms with Gasteiger partial charge in [0.1, 0.15) is 6.29 Å². The van der Waals surface area contributed by atoms with Crippen LogP contribution >= 0.6 is 11.8 Å². The quantitative estimate of drug-likeness (QED) is 0.593. The lowest BCUT2D eigenvalue weighted by atomic mass is 10.3. The van der Waals surface area contributed by atoms with Crippen molar-refractivity contribution in [1.82, 2.24) is 5.32 Å². The number of amides is 1. The maximum absolute atomic E-state index is 10.8. The molecule has 1 N–H and O–H groups in total. The molecule has 0 fully saturated rings. The normalized spacial score (nSPS) is 12.2. The Morgan fingerprint density at radius 1 is 1.80 bits per heavy atom. The molecule has 0 aromatic rings. The van der Waals surface area contributed by atoms with E-state index in [2.05, 4.69) is 5.32 Å². The highest BCUT2D eigenvalue weighted by Crippen LogP contribution is 2.08. The Kier molecular flexibility index (Phi) is 5.02. The second-order valence-corrected chi connectivity index (χ2v) is 2.78. The van der Waals surface area contributed by atoms with Gasteiger partial charge in [0.05, 0.1) is 5.25 Å². The molecule has 0 spiro atoms. The summed E-state index contributed by atoms with van der Waals surface area (Å²) in [6.07, 6.45) is 2.86. The van der Waals surface area contributed by atoms with E-state index in [4.69, 9.17) is 0 Å². The maximum Gasteiger partial charge on any atom is 0.233 e. The molecule has 0 saturated carbocycles. The lowest BCUT2D eigenvalue weighted by Gasteiger charge is -2.07. The molecular weight excluding hydrogens is 150 g/mol. The molecule has 0 aliphatic carbocycles. The molecule has 0 aromatic carbocycles. The Labute approximate surface area is 64.6 Å². The first-order chi connectivity index (χ1) is 4.76. The van der Waals surface area contributed by atoms with Gasteiger partial charge in [0, 0.05) is 13.5 Å². The molecule has 1 unspecified atom stereocenters. The predicted molar refractivity (Wildman–Crippen MR) is 42.1 cm³/mol. The summed E-state index contributed by atoms with van der Waals surface area (Å²) in [5.41, 5.74) is 0. The zero-order valence-electron chi connectivity index (χ0n) is 6.09. The third kappa shape index (κ3) is 2.87. The molecule has 0 aromatic heterocycles. The molecule has 0 saturated heterocycles. The van der Waals surface area contributed by atoms with Crippen molar-refractivity contribution < 1.29 is 9.59 Å². The standard InChI is InChI=1S/C6H11NO2S/c1-7-6(9)5(10-2)3-4-8/h4-5H,3H2,1-2H3,(H,7,9). The number of aldehydes is 1. The zero-order valence-corrected chi connectivity index (χ0v) is 6.90. The number of hydrogen-bond acceptors (Lipinski definition) is 3. The van der Waals surface area contributed by atoms with Crippen LogP contribution in [0.4, 0.5) is 0 Å². The monoisotopic (exact) mass is 161 g/mol. The Balaban J connectivity index is 3.79. The first-order valence-corrected chi connectivity index (χ1v) is 4.23. The molecule has 0 rings (SSSR count). The van der Waals surface area contributed by atoms with E-state index in [-0.39, 0.29) is 11.2 Å². The molecule has 0 radical (unpaired) electrons. The first kappa shape index (κ1) is 9.49. The Morgan fingerprint density at radius 2 is 2.40 bits per heavy atom. The minimum absolute atomic E-state index is 0.0837. The summed E-state index contributed by atoms with van der Waals surface area (Å²) in [6.45, 7) is 0. The van der Waals surface area contributed by atoms with Crippen molar-refractivity contribution in [2.75, 3.05) is 13.3 Å². The summed E-state index contributed by atoms with van der Waals surface area (Å²) in [4.78, 5) is 20.8. The Bertz CT molecular complexity index is 127. The fourth-order valence-electron chi connectivity index (χ4n) is 0.559. The van der Waals surface area contributed by atoms with Gasteiger partial charge in [0.25, 0.3) is 0 Å². The summed E-state index contributed by atoms with van der Waals surface area (Å²) < 4.78 is 0. The average molecular weight is 161 g/mol. The smallest absolute Gasteiger partial charge is 0.233 e. The van der Waals surface area contributed by atoms with Crippen LogP contribution in [0.3, 0.4) is 0 Å². The van der Waals surface area contributed by atoms with Crippen molar-refractivity contribution in [1.29, 1.82) is 0 Å². The van der Waals surface area contributed by atoms with E-state index in [1.54, 1.807) is 7.05 Å². The van der Waals surface area contributed by atoms with Crippen LogP contribution in [-0.2, 0) is 9.59 Å². The van der Waals surface area contributed by atoms with Crippen molar-refractivity contribution in [2.24, 2.45) is 0 Å². The van der Waals surface area contributed by atoms with Gasteiger partial charge in [-0.3, -0.25) is 4.79 Å². The number of carbonyl (C=O) groups excluding carboxylic acids is 2. The first-order valence-electron chi connectivity index (χ1n) is 2.94. The third-order valence-electron chi connectivity index (χ3n) is 1.13. The molecule has 0 aliphatic heterocycles. The molecule has 0 bridgehead atoms. The van der Waals surface area contributed by atoms with E-state index < -0.39 is 0 Å². The fourth-order valence-corrected chi connectivity index (χ4v) is 1.16. The second kappa shape index (κ2) is 5.29. The van der Waals surface area contributed by atoms with Crippen LogP contribution in [0.25, 0.3) is 0 Å². The topological polar surface area (TPSA) is 46.2 Å². The molecule has 4 heteroatoms. The van der Waals surface area contributed by atoms with Gasteiger partial charge in [-0.25, -0.2) is 0 Å². The van der Waals surface area contributed by atoms with Crippen molar-refractivity contribution in [2.45, 2.75) is 11.7 Å². The lowest BCUT2D eigenvalue weighted by molar-refractivity contribution is -0.121. The van der Waals surface area contributed by atoms with E-state index in [1.165, 1.54) is 11.8 Å². The molecule has 0 heterocycles. The highest BCUT2D eigenvalue weighted by Gasteiger charge is 2.13. The van der Waals surface area contributed by atoms with Gasteiger partial charge in [-0.1, -0.05) is 0 Å². The van der Waals surface area contributed by atoms with Crippen LogP contribution in [0.2, 0.25) is 0 Å². The van der Waals surface area contributed by atoms with Crippen LogP contribution in [0.5, 0.6) is 0 Å². The fraction of sp³-hybridized carbons (Fsp3) is 0.667. The van der Waals surface area contributed by atoms with Crippen LogP contribution < -0.4 is 5.32 Å². The number of nitrogens with one attached hydrogen (secondary N) is 1. The molecular formula is C6H11NO2S. The van der Waals surface area contributed by atoms with E-state index in [0.29, 0.717) is 6.42 Å². The van der Waals surface area contributed by atoms with Gasteiger partial charge in [-0.15, -0.1) is 0 Å². The number of hydrogen-bond donors (Lipinski definition) is 1. The molecule has 1 atom stereocenters. The van der Waals surface area contributed by atoms with Crippen LogP contribution in [0, 0.1) is 0 Å². The van der Waals surface area contributed by atoms with Gasteiger partial charge < -0.3 is 10.1 Å². The molecule has 0 aliphatic rings. The van der Waals surface area contributed by atoms with Gasteiger partial charge >= 0.3 is 0 Å². The molecule has 58 valence electrons. The highest BCUT2D eigenvalue weighted by molar-refractivity contribution is 7.99. The zero-order chi connectivity index (χ0) is 7.98. The molecule has 3 nitrogen and oxygen atoms in total. The third-order valence-corrected chi connectivity index (χ3v) is 2.11. The summed E-state index contributed by atoms with van der Waals surface area (Å²) in [6, 6.07) is 0. The van der Waals surface area contributed by atoms with E-state index in [0.717, 1.165) is 6.29 Å². The van der Waals surface area contributed by atoms with Crippen LogP contribution in [-0.4, -0.2) is 30.7 Å². The van der Waals surface area contributed by atoms with Crippen molar-refractivity contribution >= 4 is 24.0 Å². The highest BCUT2D eigenvalue weighted by atomic mass is 32.2. The van der Waals surface area contributed by atoms with Crippen LogP contribution in [0.1, 0.15) is 6.42 Å². The average Bonchev–Trinajstić information content (AvgIpc) is 1.99. The predicted octanol–water partition coefficient (Wildman–Crippen LogP) is 0.0530. The summed E-state index contributed by atoms with van der Waals surface area (Å²) in [7, 11) is 1.57. The van der Waals surface area contributed by atoms with E-state index in [1.807, 2.05) is 6.26 Å². The minimum atomic E-state index is -0.220. The number of rotatable bonds is 4. The largest absolute Gasteiger partial charge is 0.358 e. The van der Waals surface area contributed by atoms with Gasteiger partial charge in [-0.2, -0.15) is 11.8 Å². The van der Waals surface area contributed by atoms with E-state index in [9.17, 15) is 9.59 Å².